The van der Waals surface area contributed by atoms with Gasteiger partial charge in [-0.25, -0.2) is 4.79 Å². The minimum absolute atomic E-state index is 0.0602. The lowest BCUT2D eigenvalue weighted by atomic mass is 10.1. The molecule has 126 valence electrons. The second-order valence-corrected chi connectivity index (χ2v) is 5.72. The first kappa shape index (κ1) is 18.2. The van der Waals surface area contributed by atoms with Gasteiger partial charge in [0.05, 0.1) is 4.47 Å². The van der Waals surface area contributed by atoms with Crippen LogP contribution in [0.2, 0.25) is 0 Å². The minimum atomic E-state index is -1.08. The number of nitrogens with zero attached hydrogens (tertiary/aromatic N) is 1. The Balaban J connectivity index is 2.16. The average Bonchev–Trinajstić information content (AvgIpc) is 2.59. The zero-order valence-electron chi connectivity index (χ0n) is 12.9. The Bertz CT molecular complexity index is 857. The second-order valence-electron chi connectivity index (χ2n) is 4.86. The van der Waals surface area contributed by atoms with Crippen LogP contribution in [0.5, 0.6) is 5.75 Å². The minimum Gasteiger partial charge on any atom is -0.481 e. The van der Waals surface area contributed by atoms with Crippen LogP contribution in [-0.2, 0) is 9.59 Å². The first-order valence-electron chi connectivity index (χ1n) is 7.12. The van der Waals surface area contributed by atoms with E-state index < -0.39 is 18.5 Å². The van der Waals surface area contributed by atoms with Crippen molar-refractivity contribution in [1.82, 2.24) is 0 Å². The van der Waals surface area contributed by atoms with E-state index >= 15 is 0 Å². The molecule has 0 heterocycles. The smallest absolute Gasteiger partial charge is 0.341 e. The fraction of sp³-hybridized carbons (Fsp3) is 0.0556. The number of benzene rings is 2. The van der Waals surface area contributed by atoms with Gasteiger partial charge in [0.15, 0.2) is 6.61 Å². The zero-order chi connectivity index (χ0) is 18.2. The summed E-state index contributed by atoms with van der Waals surface area (Å²) in [5.41, 5.74) is 1.12. The fourth-order valence-corrected chi connectivity index (χ4v) is 2.41. The van der Waals surface area contributed by atoms with Crippen LogP contribution in [0.15, 0.2) is 58.6 Å². The number of carboxylic acids is 1. The second kappa shape index (κ2) is 8.66. The maximum atomic E-state index is 12.2. The van der Waals surface area contributed by atoms with Gasteiger partial charge in [0.2, 0.25) is 0 Å². The van der Waals surface area contributed by atoms with Gasteiger partial charge >= 0.3 is 5.97 Å². The van der Waals surface area contributed by atoms with Gasteiger partial charge in [-0.2, -0.15) is 5.26 Å². The number of hydrogen-bond donors (Lipinski definition) is 2. The van der Waals surface area contributed by atoms with Gasteiger partial charge in [-0.1, -0.05) is 24.3 Å². The van der Waals surface area contributed by atoms with Crippen LogP contribution >= 0.6 is 15.9 Å². The van der Waals surface area contributed by atoms with Crippen molar-refractivity contribution in [3.63, 3.8) is 0 Å². The molecule has 0 unspecified atom stereocenters. The molecular formula is C18H13BrN2O4. The van der Waals surface area contributed by atoms with Crippen LogP contribution in [0.1, 0.15) is 5.56 Å². The number of ether oxygens (including phenoxy) is 1. The number of nitriles is 1. The fourth-order valence-electron chi connectivity index (χ4n) is 1.90. The number of carboxylic acid groups (broad SMARTS) is 1. The third-order valence-electron chi connectivity index (χ3n) is 3.01. The van der Waals surface area contributed by atoms with Crippen molar-refractivity contribution in [2.24, 2.45) is 0 Å². The van der Waals surface area contributed by atoms with Crippen molar-refractivity contribution in [3.8, 4) is 11.8 Å². The Morgan fingerprint density at radius 1 is 1.24 bits per heavy atom. The van der Waals surface area contributed by atoms with Gasteiger partial charge in [0, 0.05) is 5.69 Å². The molecule has 0 spiro atoms. The van der Waals surface area contributed by atoms with Crippen molar-refractivity contribution < 1.29 is 19.4 Å². The number of rotatable bonds is 6. The number of amides is 1. The summed E-state index contributed by atoms with van der Waals surface area (Å²) in [7, 11) is 0. The molecule has 0 atom stereocenters. The number of aliphatic carboxylic acids is 1. The zero-order valence-corrected chi connectivity index (χ0v) is 14.5. The molecule has 0 radical (unpaired) electrons. The maximum Gasteiger partial charge on any atom is 0.341 e. The van der Waals surface area contributed by atoms with Gasteiger partial charge in [0.25, 0.3) is 5.91 Å². The van der Waals surface area contributed by atoms with E-state index in [9.17, 15) is 14.9 Å². The molecule has 2 aromatic carbocycles. The van der Waals surface area contributed by atoms with E-state index in [4.69, 9.17) is 9.84 Å². The molecule has 6 nitrogen and oxygen atoms in total. The molecule has 0 saturated heterocycles. The van der Waals surface area contributed by atoms with E-state index in [0.29, 0.717) is 21.5 Å². The molecule has 0 fully saturated rings. The third kappa shape index (κ3) is 5.48. The van der Waals surface area contributed by atoms with Crippen molar-refractivity contribution in [1.29, 1.82) is 5.26 Å². The molecule has 2 aromatic rings. The molecule has 0 aliphatic carbocycles. The van der Waals surface area contributed by atoms with Crippen molar-refractivity contribution >= 4 is 39.6 Å². The molecule has 0 aromatic heterocycles. The highest BCUT2D eigenvalue weighted by molar-refractivity contribution is 9.10. The molecule has 0 bridgehead atoms. The van der Waals surface area contributed by atoms with Gasteiger partial charge in [-0.05, 0) is 51.8 Å². The summed E-state index contributed by atoms with van der Waals surface area (Å²) in [6.07, 6.45) is 1.43. The lowest BCUT2D eigenvalue weighted by molar-refractivity contribution is -0.139. The monoisotopic (exact) mass is 400 g/mol. The van der Waals surface area contributed by atoms with E-state index in [0.717, 1.165) is 0 Å². The van der Waals surface area contributed by atoms with Crippen LogP contribution in [0.25, 0.3) is 6.08 Å². The first-order chi connectivity index (χ1) is 12.0. The highest BCUT2D eigenvalue weighted by atomic mass is 79.9. The van der Waals surface area contributed by atoms with Crippen LogP contribution in [0, 0.1) is 11.3 Å². The molecular weight excluding hydrogens is 388 g/mol. The predicted molar refractivity (Wildman–Crippen MR) is 95.9 cm³/mol. The van der Waals surface area contributed by atoms with Gasteiger partial charge in [-0.3, -0.25) is 4.79 Å². The first-order valence-corrected chi connectivity index (χ1v) is 7.91. The Hall–Kier alpha value is -3.11. The number of nitrogens with one attached hydrogen (secondary N) is 1. The largest absolute Gasteiger partial charge is 0.481 e. The Kier molecular flexibility index (Phi) is 6.32. The van der Waals surface area contributed by atoms with Gasteiger partial charge in [0.1, 0.15) is 17.4 Å². The summed E-state index contributed by atoms with van der Waals surface area (Å²) < 4.78 is 5.62. The number of hydrogen-bond acceptors (Lipinski definition) is 4. The van der Waals surface area contributed by atoms with Crippen molar-refractivity contribution in [2.75, 3.05) is 11.9 Å². The topological polar surface area (TPSA) is 99.4 Å². The summed E-state index contributed by atoms with van der Waals surface area (Å²) >= 11 is 3.27. The Morgan fingerprint density at radius 2 is 1.96 bits per heavy atom. The van der Waals surface area contributed by atoms with Crippen LogP contribution < -0.4 is 10.1 Å². The van der Waals surface area contributed by atoms with Crippen LogP contribution in [0.3, 0.4) is 0 Å². The normalized spacial score (nSPS) is 10.6. The summed E-state index contributed by atoms with van der Waals surface area (Å²) in [4.78, 5) is 22.7. The number of para-hydroxylation sites is 1. The van der Waals surface area contributed by atoms with Crippen molar-refractivity contribution in [2.45, 2.75) is 0 Å². The predicted octanol–water partition coefficient (Wildman–Crippen LogP) is 3.46. The van der Waals surface area contributed by atoms with Gasteiger partial charge in [-0.15, -0.1) is 0 Å². The number of halogens is 1. The van der Waals surface area contributed by atoms with Crippen LogP contribution in [0.4, 0.5) is 5.69 Å². The maximum absolute atomic E-state index is 12.2. The quantitative estimate of drug-likeness (QED) is 0.571. The van der Waals surface area contributed by atoms with E-state index in [1.807, 2.05) is 12.1 Å². The number of carbonyl (C=O) groups is 2. The molecule has 0 saturated carbocycles. The molecule has 0 aliphatic heterocycles. The van der Waals surface area contributed by atoms with Gasteiger partial charge < -0.3 is 15.2 Å². The number of anilines is 1. The third-order valence-corrected chi connectivity index (χ3v) is 3.63. The highest BCUT2D eigenvalue weighted by Crippen LogP contribution is 2.27. The summed E-state index contributed by atoms with van der Waals surface area (Å²) in [6.45, 7) is -0.462. The van der Waals surface area contributed by atoms with Crippen LogP contribution in [-0.4, -0.2) is 23.6 Å². The molecule has 7 heteroatoms. The standard InChI is InChI=1S/C18H13BrN2O4/c19-15-9-12(6-7-16(15)25-11-17(22)23)8-13(10-20)18(24)21-14-4-2-1-3-5-14/h1-9H,11H2,(H,21,24)(H,22,23)/b13-8-. The SMILES string of the molecule is N#C/C(=C/c1ccc(OCC(=O)O)c(Br)c1)C(=O)Nc1ccccc1. The average molecular weight is 401 g/mol. The van der Waals surface area contributed by atoms with E-state index in [2.05, 4.69) is 21.2 Å². The van der Waals surface area contributed by atoms with E-state index in [1.54, 1.807) is 42.5 Å². The highest BCUT2D eigenvalue weighted by Gasteiger charge is 2.10. The Labute approximate surface area is 152 Å². The van der Waals surface area contributed by atoms with E-state index in [1.165, 1.54) is 6.08 Å². The molecule has 1 amide bonds. The van der Waals surface area contributed by atoms with E-state index in [-0.39, 0.29) is 5.57 Å². The number of carbonyl (C=O) groups excluding carboxylic acids is 1. The van der Waals surface area contributed by atoms with Crippen molar-refractivity contribution in [3.05, 3.63) is 64.1 Å². The Morgan fingerprint density at radius 3 is 2.56 bits per heavy atom. The lowest BCUT2D eigenvalue weighted by Crippen LogP contribution is -2.13. The molecule has 0 aliphatic rings. The summed E-state index contributed by atoms with van der Waals surface area (Å²) in [5, 5.41) is 20.5. The molecule has 2 rings (SSSR count). The molecule has 2 N–H and O–H groups in total. The summed E-state index contributed by atoms with van der Waals surface area (Å²) in [6, 6.07) is 15.5. The lowest BCUT2D eigenvalue weighted by Gasteiger charge is -2.07. The molecule has 25 heavy (non-hydrogen) atoms. The summed E-state index contributed by atoms with van der Waals surface area (Å²) in [5.74, 6) is -1.25.